The molecule has 0 spiro atoms. The van der Waals surface area contributed by atoms with Crippen LogP contribution in [0.25, 0.3) is 5.65 Å². The lowest BCUT2D eigenvalue weighted by atomic mass is 10.4. The van der Waals surface area contributed by atoms with Crippen LogP contribution >= 0.6 is 0 Å². The van der Waals surface area contributed by atoms with E-state index in [-0.39, 0.29) is 0 Å². The molecule has 1 amide bonds. The van der Waals surface area contributed by atoms with Crippen molar-refractivity contribution in [2.45, 2.75) is 13.8 Å². The molecule has 2 heterocycles. The molecule has 0 fully saturated rings. The molecule has 78 valence electrons. The van der Waals surface area contributed by atoms with Crippen molar-refractivity contribution in [2.75, 3.05) is 5.32 Å². The van der Waals surface area contributed by atoms with Crippen LogP contribution in [0, 0.1) is 13.8 Å². The Balaban J connectivity index is 2.65. The zero-order valence-electron chi connectivity index (χ0n) is 8.35. The van der Waals surface area contributed by atoms with Crippen LogP contribution < -0.4 is 5.32 Å². The first-order valence-electron chi connectivity index (χ1n) is 4.40. The van der Waals surface area contributed by atoms with E-state index >= 15 is 0 Å². The Bertz CT molecular complexity index is 532. The minimum Gasteiger partial charge on any atom is -0.465 e. The van der Waals surface area contributed by atoms with E-state index in [4.69, 9.17) is 5.11 Å². The fraction of sp³-hybridized carbons (Fsp3) is 0.222. The number of amides is 1. The summed E-state index contributed by atoms with van der Waals surface area (Å²) in [5.74, 6) is 0. The normalized spacial score (nSPS) is 10.5. The van der Waals surface area contributed by atoms with E-state index in [9.17, 15) is 4.79 Å². The highest BCUT2D eigenvalue weighted by Gasteiger charge is 2.12. The fourth-order valence-electron chi connectivity index (χ4n) is 1.38. The van der Waals surface area contributed by atoms with E-state index in [1.807, 2.05) is 13.0 Å². The highest BCUT2D eigenvalue weighted by atomic mass is 16.4. The van der Waals surface area contributed by atoms with E-state index in [2.05, 4.69) is 15.4 Å². The van der Waals surface area contributed by atoms with Gasteiger partial charge in [0.25, 0.3) is 0 Å². The molecule has 15 heavy (non-hydrogen) atoms. The van der Waals surface area contributed by atoms with Crippen molar-refractivity contribution in [3.05, 3.63) is 23.7 Å². The van der Waals surface area contributed by atoms with Crippen molar-refractivity contribution in [2.24, 2.45) is 0 Å². The minimum atomic E-state index is -1.11. The maximum atomic E-state index is 10.6. The van der Waals surface area contributed by atoms with Gasteiger partial charge in [-0.15, -0.1) is 0 Å². The van der Waals surface area contributed by atoms with Crippen molar-refractivity contribution < 1.29 is 9.90 Å². The lowest BCUT2D eigenvalue weighted by Gasteiger charge is -1.99. The fourth-order valence-corrected chi connectivity index (χ4v) is 1.38. The molecule has 6 heteroatoms. The summed E-state index contributed by atoms with van der Waals surface area (Å²) in [4.78, 5) is 14.8. The molecule has 0 aliphatic heterocycles. The Labute approximate surface area is 85.6 Å². The molecule has 6 nitrogen and oxygen atoms in total. The van der Waals surface area contributed by atoms with Gasteiger partial charge in [0.1, 0.15) is 5.69 Å². The second-order valence-electron chi connectivity index (χ2n) is 3.23. The van der Waals surface area contributed by atoms with Gasteiger partial charge in [0.2, 0.25) is 0 Å². The molecule has 0 bridgehead atoms. The van der Waals surface area contributed by atoms with E-state index in [0.717, 1.165) is 5.69 Å². The number of nitrogens with one attached hydrogen (secondary N) is 1. The molecule has 2 aromatic heterocycles. The summed E-state index contributed by atoms with van der Waals surface area (Å²) >= 11 is 0. The Morgan fingerprint density at radius 1 is 1.53 bits per heavy atom. The predicted octanol–water partition coefficient (Wildman–Crippen LogP) is 1.44. The van der Waals surface area contributed by atoms with Crippen molar-refractivity contribution >= 4 is 17.4 Å². The first-order valence-corrected chi connectivity index (χ1v) is 4.40. The molecule has 0 aromatic carbocycles. The number of aromatic nitrogens is 3. The third-order valence-corrected chi connectivity index (χ3v) is 2.03. The lowest BCUT2D eigenvalue weighted by molar-refractivity contribution is 0.209. The molecule has 0 saturated carbocycles. The van der Waals surface area contributed by atoms with E-state index < -0.39 is 6.09 Å². The lowest BCUT2D eigenvalue weighted by Crippen LogP contribution is -2.08. The Morgan fingerprint density at radius 3 is 2.93 bits per heavy atom. The van der Waals surface area contributed by atoms with Crippen molar-refractivity contribution in [3.63, 3.8) is 0 Å². The van der Waals surface area contributed by atoms with Gasteiger partial charge in [-0.3, -0.25) is 5.32 Å². The number of fused-ring (bicyclic) bond motifs is 1. The summed E-state index contributed by atoms with van der Waals surface area (Å²) in [6, 6.07) is 1.81. The van der Waals surface area contributed by atoms with Gasteiger partial charge in [-0.05, 0) is 19.9 Å². The maximum Gasteiger partial charge on any atom is 0.409 e. The first-order chi connectivity index (χ1) is 7.08. The van der Waals surface area contributed by atoms with Gasteiger partial charge < -0.3 is 5.11 Å². The molecule has 0 aliphatic rings. The average molecular weight is 206 g/mol. The molecule has 0 atom stereocenters. The van der Waals surface area contributed by atoms with Crippen molar-refractivity contribution in [1.82, 2.24) is 14.6 Å². The van der Waals surface area contributed by atoms with Crippen LogP contribution in [0.15, 0.2) is 12.3 Å². The van der Waals surface area contributed by atoms with E-state index in [1.54, 1.807) is 17.6 Å². The first kappa shape index (κ1) is 9.45. The van der Waals surface area contributed by atoms with Crippen LogP contribution in [0.1, 0.15) is 11.4 Å². The molecule has 0 saturated heterocycles. The highest BCUT2D eigenvalue weighted by molar-refractivity contribution is 5.89. The van der Waals surface area contributed by atoms with Crippen LogP contribution in [-0.4, -0.2) is 25.8 Å². The quantitative estimate of drug-likeness (QED) is 0.739. The molecular weight excluding hydrogens is 196 g/mol. The summed E-state index contributed by atoms with van der Waals surface area (Å²) in [5, 5.41) is 15.1. The van der Waals surface area contributed by atoms with Gasteiger partial charge in [-0.1, -0.05) is 0 Å². The number of hydrogen-bond donors (Lipinski definition) is 2. The summed E-state index contributed by atoms with van der Waals surface area (Å²) in [6.45, 7) is 3.57. The number of nitrogens with zero attached hydrogens (tertiary/aromatic N) is 3. The maximum absolute atomic E-state index is 10.6. The summed E-state index contributed by atoms with van der Waals surface area (Å²) in [6.07, 6.45) is 0.633. The minimum absolute atomic E-state index is 0.436. The van der Waals surface area contributed by atoms with Gasteiger partial charge in [0, 0.05) is 11.9 Å². The molecule has 0 radical (unpaired) electrons. The smallest absolute Gasteiger partial charge is 0.409 e. The Morgan fingerprint density at radius 2 is 2.27 bits per heavy atom. The largest absolute Gasteiger partial charge is 0.465 e. The summed E-state index contributed by atoms with van der Waals surface area (Å²) in [5.41, 5.74) is 2.38. The molecule has 0 aliphatic carbocycles. The number of carbonyl (C=O) groups is 1. The molecule has 2 N–H and O–H groups in total. The average Bonchev–Trinajstić information content (AvgIpc) is 2.43. The standard InChI is InChI=1S/C9H10N4O2/c1-5-3-4-13-8(10-5)7(6(2)12-13)11-9(14)15/h3-4,11H,1-2H3,(H,14,15). The van der Waals surface area contributed by atoms with Crippen LogP contribution in [0.2, 0.25) is 0 Å². The second kappa shape index (κ2) is 3.23. The van der Waals surface area contributed by atoms with Gasteiger partial charge in [-0.25, -0.2) is 14.3 Å². The number of rotatable bonds is 1. The van der Waals surface area contributed by atoms with Gasteiger partial charge in [0.05, 0.1) is 5.69 Å². The predicted molar refractivity (Wildman–Crippen MR) is 54.1 cm³/mol. The van der Waals surface area contributed by atoms with Crippen LogP contribution in [-0.2, 0) is 0 Å². The van der Waals surface area contributed by atoms with Gasteiger partial charge in [-0.2, -0.15) is 5.10 Å². The topological polar surface area (TPSA) is 79.5 Å². The zero-order valence-corrected chi connectivity index (χ0v) is 8.35. The summed E-state index contributed by atoms with van der Waals surface area (Å²) < 4.78 is 1.55. The van der Waals surface area contributed by atoms with Gasteiger partial charge >= 0.3 is 6.09 Å². The third-order valence-electron chi connectivity index (χ3n) is 2.03. The van der Waals surface area contributed by atoms with Crippen molar-refractivity contribution in [1.29, 1.82) is 0 Å². The molecule has 2 rings (SSSR count). The highest BCUT2D eigenvalue weighted by Crippen LogP contribution is 2.19. The number of aryl methyl sites for hydroxylation is 2. The third kappa shape index (κ3) is 1.61. The number of carboxylic acid groups (broad SMARTS) is 1. The monoisotopic (exact) mass is 206 g/mol. The van der Waals surface area contributed by atoms with Crippen LogP contribution in [0.5, 0.6) is 0 Å². The number of hydrogen-bond acceptors (Lipinski definition) is 3. The molecule has 0 unspecified atom stereocenters. The van der Waals surface area contributed by atoms with E-state index in [1.165, 1.54) is 0 Å². The van der Waals surface area contributed by atoms with Crippen LogP contribution in [0.4, 0.5) is 10.5 Å². The SMILES string of the molecule is Cc1ccn2nc(C)c(NC(=O)O)c2n1. The summed E-state index contributed by atoms with van der Waals surface area (Å²) in [7, 11) is 0. The van der Waals surface area contributed by atoms with Crippen molar-refractivity contribution in [3.8, 4) is 0 Å². The second-order valence-corrected chi connectivity index (χ2v) is 3.23. The Hall–Kier alpha value is -2.11. The molecule has 2 aromatic rings. The van der Waals surface area contributed by atoms with E-state index in [0.29, 0.717) is 17.0 Å². The van der Waals surface area contributed by atoms with Crippen LogP contribution in [0.3, 0.4) is 0 Å². The Kier molecular flexibility index (Phi) is 2.03. The van der Waals surface area contributed by atoms with Gasteiger partial charge in [0.15, 0.2) is 5.65 Å². The number of anilines is 1. The zero-order chi connectivity index (χ0) is 11.0. The molecular formula is C9H10N4O2.